The van der Waals surface area contributed by atoms with E-state index in [2.05, 4.69) is 45.7 Å². The Balaban J connectivity index is 0.00000225. The second-order valence-corrected chi connectivity index (χ2v) is 6.45. The Kier molecular flexibility index (Phi) is 7.01. The molecule has 1 N–H and O–H groups in total. The van der Waals surface area contributed by atoms with Gasteiger partial charge >= 0.3 is 0 Å². The minimum absolute atomic E-state index is 0. The summed E-state index contributed by atoms with van der Waals surface area (Å²) in [5, 5.41) is 3.46. The van der Waals surface area contributed by atoms with Crippen molar-refractivity contribution in [1.29, 1.82) is 0 Å². The van der Waals surface area contributed by atoms with Gasteiger partial charge in [-0.15, -0.1) is 24.0 Å². The summed E-state index contributed by atoms with van der Waals surface area (Å²) in [6.45, 7) is 4.37. The normalized spacial score (nSPS) is 14.8. The number of hydrogen-bond acceptors (Lipinski definition) is 5. The Bertz CT molecular complexity index is 869. The Morgan fingerprint density at radius 1 is 1.11 bits per heavy atom. The van der Waals surface area contributed by atoms with Gasteiger partial charge in [-0.3, -0.25) is 4.99 Å². The van der Waals surface area contributed by atoms with Crippen molar-refractivity contribution in [3.05, 3.63) is 54.7 Å². The van der Waals surface area contributed by atoms with Crippen LogP contribution >= 0.6 is 24.0 Å². The number of aliphatic imine (C=N–C) groups is 1. The molecule has 0 saturated carbocycles. The van der Waals surface area contributed by atoms with Crippen molar-refractivity contribution >= 4 is 41.5 Å². The fraction of sp³-hybridized carbons (Fsp3) is 0.368. The zero-order valence-electron chi connectivity index (χ0n) is 15.9. The predicted octanol–water partition coefficient (Wildman–Crippen LogP) is 1.68. The van der Waals surface area contributed by atoms with Gasteiger partial charge in [-0.25, -0.2) is 15.0 Å². The van der Waals surface area contributed by atoms with E-state index in [-0.39, 0.29) is 24.0 Å². The molecule has 1 fully saturated rings. The lowest BCUT2D eigenvalue weighted by Gasteiger charge is -2.36. The van der Waals surface area contributed by atoms with E-state index in [1.807, 2.05) is 37.5 Å². The molecule has 0 amide bonds. The van der Waals surface area contributed by atoms with E-state index in [1.54, 1.807) is 12.4 Å². The molecular formula is C19H25IN8. The maximum Gasteiger partial charge on any atom is 0.225 e. The highest BCUT2D eigenvalue weighted by Crippen LogP contribution is 2.10. The van der Waals surface area contributed by atoms with Crippen LogP contribution in [0.3, 0.4) is 0 Å². The number of aromatic nitrogens is 4. The highest BCUT2D eigenvalue weighted by atomic mass is 127. The smallest absolute Gasteiger partial charge is 0.225 e. The molecule has 9 heteroatoms. The first-order chi connectivity index (χ1) is 13.3. The second-order valence-electron chi connectivity index (χ2n) is 6.45. The van der Waals surface area contributed by atoms with Crippen LogP contribution in [0, 0.1) is 0 Å². The lowest BCUT2D eigenvalue weighted by atomic mass is 10.3. The first-order valence-electron chi connectivity index (χ1n) is 9.23. The SMILES string of the molecule is CN=C(NCCc1cn2ccccc2n1)N1CCN(c2ncccn2)CC1.I. The van der Waals surface area contributed by atoms with E-state index in [4.69, 9.17) is 0 Å². The van der Waals surface area contributed by atoms with Crippen molar-refractivity contribution in [3.8, 4) is 0 Å². The lowest BCUT2D eigenvalue weighted by Crippen LogP contribution is -2.53. The van der Waals surface area contributed by atoms with Crippen LogP contribution in [-0.2, 0) is 6.42 Å². The van der Waals surface area contributed by atoms with Crippen molar-refractivity contribution in [2.75, 3.05) is 44.7 Å². The molecule has 1 saturated heterocycles. The number of nitrogens with zero attached hydrogens (tertiary/aromatic N) is 7. The molecule has 0 radical (unpaired) electrons. The van der Waals surface area contributed by atoms with Crippen LogP contribution in [0.15, 0.2) is 54.0 Å². The standard InChI is InChI=1S/C19H24N8.HI/c1-20-18(23-9-6-16-15-27-10-3-2-5-17(27)24-16)25-11-13-26(14-12-25)19-21-7-4-8-22-19;/h2-5,7-8,10,15H,6,9,11-14H2,1H3,(H,20,23);1H. The fourth-order valence-corrected chi connectivity index (χ4v) is 3.32. The third kappa shape index (κ3) is 4.70. The molecule has 0 bridgehead atoms. The summed E-state index contributed by atoms with van der Waals surface area (Å²) in [5.74, 6) is 1.74. The van der Waals surface area contributed by atoms with E-state index in [1.165, 1.54) is 0 Å². The largest absolute Gasteiger partial charge is 0.356 e. The third-order valence-electron chi connectivity index (χ3n) is 4.70. The highest BCUT2D eigenvalue weighted by Gasteiger charge is 2.20. The maximum absolute atomic E-state index is 4.64. The van der Waals surface area contributed by atoms with Gasteiger partial charge in [0.25, 0.3) is 0 Å². The van der Waals surface area contributed by atoms with Crippen LogP contribution in [0.4, 0.5) is 5.95 Å². The molecule has 1 aliphatic rings. The number of pyridine rings is 1. The number of piperazine rings is 1. The predicted molar refractivity (Wildman–Crippen MR) is 121 cm³/mol. The van der Waals surface area contributed by atoms with E-state index in [0.29, 0.717) is 0 Å². The van der Waals surface area contributed by atoms with Crippen molar-refractivity contribution in [1.82, 2.24) is 29.6 Å². The third-order valence-corrected chi connectivity index (χ3v) is 4.70. The van der Waals surface area contributed by atoms with Gasteiger partial charge in [0.05, 0.1) is 5.69 Å². The summed E-state index contributed by atoms with van der Waals surface area (Å²) in [5.41, 5.74) is 2.06. The Morgan fingerprint density at radius 3 is 2.61 bits per heavy atom. The highest BCUT2D eigenvalue weighted by molar-refractivity contribution is 14.0. The number of rotatable bonds is 4. The van der Waals surface area contributed by atoms with Crippen molar-refractivity contribution in [2.24, 2.45) is 4.99 Å². The Morgan fingerprint density at radius 2 is 1.89 bits per heavy atom. The zero-order valence-corrected chi connectivity index (χ0v) is 18.2. The van der Waals surface area contributed by atoms with Crippen LogP contribution in [0.25, 0.3) is 5.65 Å². The molecule has 28 heavy (non-hydrogen) atoms. The average molecular weight is 492 g/mol. The van der Waals surface area contributed by atoms with Gasteiger partial charge in [-0.2, -0.15) is 0 Å². The summed E-state index contributed by atoms with van der Waals surface area (Å²) in [6.07, 6.45) is 8.54. The summed E-state index contributed by atoms with van der Waals surface area (Å²) < 4.78 is 2.05. The van der Waals surface area contributed by atoms with Crippen LogP contribution in [0.2, 0.25) is 0 Å². The molecule has 4 rings (SSSR count). The minimum atomic E-state index is 0. The quantitative estimate of drug-likeness (QED) is 0.340. The lowest BCUT2D eigenvalue weighted by molar-refractivity contribution is 0.370. The number of fused-ring (bicyclic) bond motifs is 1. The summed E-state index contributed by atoms with van der Waals surface area (Å²) in [4.78, 5) is 22.2. The van der Waals surface area contributed by atoms with Gasteiger partial charge in [0.2, 0.25) is 5.95 Å². The second kappa shape index (κ2) is 9.67. The Hall–Kier alpha value is -2.43. The zero-order chi connectivity index (χ0) is 18.5. The van der Waals surface area contributed by atoms with Gasteiger partial charge in [0, 0.05) is 71.0 Å². The number of guanidine groups is 1. The summed E-state index contributed by atoms with van der Waals surface area (Å²) in [6, 6.07) is 7.88. The van der Waals surface area contributed by atoms with E-state index < -0.39 is 0 Å². The number of imidazole rings is 1. The molecule has 4 heterocycles. The molecule has 3 aromatic heterocycles. The van der Waals surface area contributed by atoms with Gasteiger partial charge in [0.1, 0.15) is 5.65 Å². The fourth-order valence-electron chi connectivity index (χ4n) is 3.32. The van der Waals surface area contributed by atoms with Gasteiger partial charge in [-0.1, -0.05) is 6.07 Å². The first-order valence-corrected chi connectivity index (χ1v) is 9.23. The van der Waals surface area contributed by atoms with Crippen molar-refractivity contribution in [3.63, 3.8) is 0 Å². The molecule has 148 valence electrons. The molecule has 0 aliphatic carbocycles. The van der Waals surface area contributed by atoms with E-state index in [0.717, 1.165) is 62.4 Å². The minimum Gasteiger partial charge on any atom is -0.356 e. The van der Waals surface area contributed by atoms with Gasteiger partial charge < -0.3 is 19.5 Å². The van der Waals surface area contributed by atoms with E-state index >= 15 is 0 Å². The van der Waals surface area contributed by atoms with Crippen LogP contribution in [-0.4, -0.2) is 70.0 Å². The van der Waals surface area contributed by atoms with Crippen molar-refractivity contribution in [2.45, 2.75) is 6.42 Å². The summed E-state index contributed by atoms with van der Waals surface area (Å²) >= 11 is 0. The maximum atomic E-state index is 4.64. The van der Waals surface area contributed by atoms with Crippen LogP contribution in [0.1, 0.15) is 5.69 Å². The molecule has 1 aliphatic heterocycles. The number of anilines is 1. The van der Waals surface area contributed by atoms with Crippen LogP contribution < -0.4 is 10.2 Å². The number of nitrogens with one attached hydrogen (secondary N) is 1. The molecule has 3 aromatic rings. The molecule has 8 nitrogen and oxygen atoms in total. The topological polar surface area (TPSA) is 74.0 Å². The average Bonchev–Trinajstić information content (AvgIpc) is 3.15. The van der Waals surface area contributed by atoms with Crippen LogP contribution in [0.5, 0.6) is 0 Å². The van der Waals surface area contributed by atoms with Crippen molar-refractivity contribution < 1.29 is 0 Å². The molecular weight excluding hydrogens is 467 g/mol. The Labute approximate surface area is 181 Å². The number of hydrogen-bond donors (Lipinski definition) is 1. The molecule has 0 unspecified atom stereocenters. The van der Waals surface area contributed by atoms with E-state index in [9.17, 15) is 0 Å². The molecule has 0 aromatic carbocycles. The molecule has 0 atom stereocenters. The first kappa shape index (κ1) is 20.3. The number of halogens is 1. The van der Waals surface area contributed by atoms with Gasteiger partial charge in [0.15, 0.2) is 5.96 Å². The monoisotopic (exact) mass is 492 g/mol. The molecule has 0 spiro atoms. The van der Waals surface area contributed by atoms with Gasteiger partial charge in [-0.05, 0) is 18.2 Å². The summed E-state index contributed by atoms with van der Waals surface area (Å²) in [7, 11) is 1.83.